The maximum atomic E-state index is 13.1. The molecule has 1 amide bonds. The molecule has 0 saturated carbocycles. The van der Waals surface area contributed by atoms with Crippen LogP contribution >= 0.6 is 22.7 Å². The van der Waals surface area contributed by atoms with E-state index in [4.69, 9.17) is 9.47 Å². The van der Waals surface area contributed by atoms with Gasteiger partial charge in [-0.3, -0.25) is 4.79 Å². The van der Waals surface area contributed by atoms with Gasteiger partial charge in [0.1, 0.15) is 10.6 Å². The predicted molar refractivity (Wildman–Crippen MR) is 124 cm³/mol. The summed E-state index contributed by atoms with van der Waals surface area (Å²) in [6.45, 7) is 3.51. The van der Waals surface area contributed by atoms with Crippen molar-refractivity contribution in [3.63, 3.8) is 0 Å². The molecule has 1 fully saturated rings. The fourth-order valence-corrected chi connectivity index (χ4v) is 6.49. The molecule has 4 rings (SSSR count). The zero-order valence-electron chi connectivity index (χ0n) is 17.7. The molecule has 0 spiro atoms. The van der Waals surface area contributed by atoms with Crippen LogP contribution in [0.4, 0.5) is 0 Å². The fourth-order valence-electron chi connectivity index (χ4n) is 3.30. The van der Waals surface area contributed by atoms with Gasteiger partial charge in [-0.15, -0.1) is 22.7 Å². The number of hydrogen-bond acceptors (Lipinski definition) is 8. The molecule has 3 heterocycles. The average Bonchev–Trinajstić information content (AvgIpc) is 3.46. The van der Waals surface area contributed by atoms with E-state index in [2.05, 4.69) is 10.3 Å². The van der Waals surface area contributed by atoms with E-state index in [9.17, 15) is 13.2 Å². The number of nitrogens with one attached hydrogen (secondary N) is 1. The number of aryl methyl sites for hydroxylation is 1. The van der Waals surface area contributed by atoms with Crippen LogP contribution in [0.15, 0.2) is 40.6 Å². The number of ether oxygens (including phenoxy) is 2. The molecule has 170 valence electrons. The third kappa shape index (κ3) is 4.86. The first kappa shape index (κ1) is 22.9. The van der Waals surface area contributed by atoms with Crippen molar-refractivity contribution in [3.05, 3.63) is 51.2 Å². The van der Waals surface area contributed by atoms with Gasteiger partial charge in [0.15, 0.2) is 0 Å². The monoisotopic (exact) mass is 493 g/mol. The number of methoxy groups -OCH3 is 1. The number of thiazole rings is 1. The zero-order chi connectivity index (χ0) is 22.7. The zero-order valence-corrected chi connectivity index (χ0v) is 20.1. The molecule has 3 aromatic rings. The Balaban J connectivity index is 1.49. The first-order valence-electron chi connectivity index (χ1n) is 9.94. The molecule has 0 bridgehead atoms. The van der Waals surface area contributed by atoms with Gasteiger partial charge < -0.3 is 14.8 Å². The maximum Gasteiger partial charge on any atom is 0.251 e. The van der Waals surface area contributed by atoms with E-state index in [1.165, 1.54) is 23.5 Å². The standard InChI is InChI=1S/C21H23N3O5S3/c1-14-23-17(13-30-14)19-6-4-16(31-19)12-22-21(25)15-3-5-18(28-2)20(11-15)32(26,27)24-7-9-29-10-8-24/h3-6,11,13H,7-10,12H2,1-2H3,(H,22,25). The largest absolute Gasteiger partial charge is 0.495 e. The molecule has 32 heavy (non-hydrogen) atoms. The third-order valence-corrected chi connectivity index (χ3v) is 8.77. The van der Waals surface area contributed by atoms with E-state index in [-0.39, 0.29) is 35.2 Å². The van der Waals surface area contributed by atoms with Crippen molar-refractivity contribution < 1.29 is 22.7 Å². The van der Waals surface area contributed by atoms with Crippen LogP contribution in [0.1, 0.15) is 20.2 Å². The van der Waals surface area contributed by atoms with Crippen molar-refractivity contribution in [3.8, 4) is 16.3 Å². The van der Waals surface area contributed by atoms with E-state index in [1.54, 1.807) is 28.7 Å². The number of carbonyl (C=O) groups is 1. The van der Waals surface area contributed by atoms with Gasteiger partial charge in [-0.2, -0.15) is 4.31 Å². The normalized spacial score (nSPS) is 14.9. The summed E-state index contributed by atoms with van der Waals surface area (Å²) < 4.78 is 38.1. The Bertz CT molecular complexity index is 1210. The Morgan fingerprint density at radius 1 is 1.25 bits per heavy atom. The first-order valence-corrected chi connectivity index (χ1v) is 13.1. The van der Waals surface area contributed by atoms with Crippen LogP contribution in [0, 0.1) is 6.92 Å². The number of nitrogens with zero attached hydrogens (tertiary/aromatic N) is 2. The van der Waals surface area contributed by atoms with Crippen LogP contribution in [-0.4, -0.2) is 57.0 Å². The van der Waals surface area contributed by atoms with E-state index >= 15 is 0 Å². The second-order valence-electron chi connectivity index (χ2n) is 7.08. The highest BCUT2D eigenvalue weighted by atomic mass is 32.2. The molecule has 2 aromatic heterocycles. The van der Waals surface area contributed by atoms with E-state index < -0.39 is 10.0 Å². The number of benzene rings is 1. The number of thiophene rings is 1. The van der Waals surface area contributed by atoms with E-state index in [0.717, 1.165) is 20.5 Å². The van der Waals surface area contributed by atoms with Gasteiger partial charge in [-0.05, 0) is 37.3 Å². The molecule has 1 aliphatic heterocycles. The Hall–Kier alpha value is -2.31. The molecular formula is C21H23N3O5S3. The SMILES string of the molecule is COc1ccc(C(=O)NCc2ccc(-c3csc(C)n3)s2)cc1S(=O)(=O)N1CCOCC1. The van der Waals surface area contributed by atoms with Crippen molar-refractivity contribution in [1.82, 2.24) is 14.6 Å². The average molecular weight is 494 g/mol. The summed E-state index contributed by atoms with van der Waals surface area (Å²) in [5.41, 5.74) is 1.19. The number of hydrogen-bond donors (Lipinski definition) is 1. The minimum absolute atomic E-state index is 0.0214. The minimum Gasteiger partial charge on any atom is -0.495 e. The fraction of sp³-hybridized carbons (Fsp3) is 0.333. The number of sulfonamides is 1. The van der Waals surface area contributed by atoms with E-state index in [0.29, 0.717) is 19.8 Å². The molecule has 8 nitrogen and oxygen atoms in total. The van der Waals surface area contributed by atoms with Crippen molar-refractivity contribution in [2.45, 2.75) is 18.4 Å². The summed E-state index contributed by atoms with van der Waals surface area (Å²) in [5.74, 6) is -0.153. The number of morpholine rings is 1. The number of aromatic nitrogens is 1. The van der Waals surface area contributed by atoms with Gasteiger partial charge in [0.2, 0.25) is 10.0 Å². The van der Waals surface area contributed by atoms with Crippen LogP contribution in [0.5, 0.6) is 5.75 Å². The molecule has 0 aliphatic carbocycles. The number of carbonyl (C=O) groups excluding carboxylic acids is 1. The molecule has 1 saturated heterocycles. The van der Waals surface area contributed by atoms with Crippen LogP contribution < -0.4 is 10.1 Å². The summed E-state index contributed by atoms with van der Waals surface area (Å²) in [4.78, 5) is 19.3. The van der Waals surface area contributed by atoms with Gasteiger partial charge in [-0.1, -0.05) is 0 Å². The molecule has 0 unspecified atom stereocenters. The lowest BCUT2D eigenvalue weighted by molar-refractivity contribution is 0.0729. The maximum absolute atomic E-state index is 13.1. The van der Waals surface area contributed by atoms with Gasteiger partial charge in [0.05, 0.1) is 42.4 Å². The summed E-state index contributed by atoms with van der Waals surface area (Å²) in [7, 11) is -2.40. The van der Waals surface area contributed by atoms with Crippen LogP contribution in [0.25, 0.3) is 10.6 Å². The van der Waals surface area contributed by atoms with Gasteiger partial charge >= 0.3 is 0 Å². The summed E-state index contributed by atoms with van der Waals surface area (Å²) in [6.07, 6.45) is 0. The van der Waals surface area contributed by atoms with Crippen LogP contribution in [0.3, 0.4) is 0 Å². The van der Waals surface area contributed by atoms with Crippen molar-refractivity contribution in [2.24, 2.45) is 0 Å². The lowest BCUT2D eigenvalue weighted by Crippen LogP contribution is -2.40. The summed E-state index contributed by atoms with van der Waals surface area (Å²) >= 11 is 3.16. The molecule has 1 aromatic carbocycles. The number of rotatable bonds is 7. The van der Waals surface area contributed by atoms with E-state index in [1.807, 2.05) is 24.4 Å². The topological polar surface area (TPSA) is 97.8 Å². The molecule has 1 N–H and O–H groups in total. The highest BCUT2D eigenvalue weighted by Crippen LogP contribution is 2.30. The van der Waals surface area contributed by atoms with Gasteiger partial charge in [0.25, 0.3) is 5.91 Å². The molecule has 1 aliphatic rings. The first-order chi connectivity index (χ1) is 15.4. The van der Waals surface area contributed by atoms with Crippen molar-refractivity contribution in [1.29, 1.82) is 0 Å². The highest BCUT2D eigenvalue weighted by Gasteiger charge is 2.30. The minimum atomic E-state index is -3.81. The summed E-state index contributed by atoms with van der Waals surface area (Å²) in [5, 5.41) is 5.88. The predicted octanol–water partition coefficient (Wildman–Crippen LogP) is 3.14. The highest BCUT2D eigenvalue weighted by molar-refractivity contribution is 7.89. The van der Waals surface area contributed by atoms with Gasteiger partial charge in [0, 0.05) is 28.9 Å². The Morgan fingerprint density at radius 2 is 2.03 bits per heavy atom. The lowest BCUT2D eigenvalue weighted by atomic mass is 10.2. The van der Waals surface area contributed by atoms with Crippen LogP contribution in [0.2, 0.25) is 0 Å². The quantitative estimate of drug-likeness (QED) is 0.543. The molecular weight excluding hydrogens is 470 g/mol. The smallest absolute Gasteiger partial charge is 0.251 e. The Kier molecular flexibility index (Phi) is 6.91. The van der Waals surface area contributed by atoms with Crippen molar-refractivity contribution in [2.75, 3.05) is 33.4 Å². The second kappa shape index (κ2) is 9.67. The number of amides is 1. The Labute approximate surface area is 194 Å². The van der Waals surface area contributed by atoms with Crippen molar-refractivity contribution >= 4 is 38.6 Å². The lowest BCUT2D eigenvalue weighted by Gasteiger charge is -2.26. The van der Waals surface area contributed by atoms with Crippen LogP contribution in [-0.2, 0) is 21.3 Å². The molecule has 11 heteroatoms. The Morgan fingerprint density at radius 3 is 2.72 bits per heavy atom. The molecule has 0 atom stereocenters. The summed E-state index contributed by atoms with van der Waals surface area (Å²) in [6, 6.07) is 8.38. The second-order valence-corrected chi connectivity index (χ2v) is 11.2. The molecule has 0 radical (unpaired) electrons. The third-order valence-electron chi connectivity index (χ3n) is 4.97. The van der Waals surface area contributed by atoms with Gasteiger partial charge in [-0.25, -0.2) is 13.4 Å².